The lowest BCUT2D eigenvalue weighted by Crippen LogP contribution is -2.39. The van der Waals surface area contributed by atoms with E-state index in [2.05, 4.69) is 10.1 Å². The average molecular weight is 353 g/mol. The molecule has 1 amide bonds. The fraction of sp³-hybridized carbons (Fsp3) is 0.556. The molecular formula is C18H27NO6. The second-order valence-corrected chi connectivity index (χ2v) is 6.67. The molecule has 0 bridgehead atoms. The molecule has 1 rings (SSSR count). The van der Waals surface area contributed by atoms with E-state index in [4.69, 9.17) is 4.74 Å². The number of aryl methyl sites for hydroxylation is 1. The Morgan fingerprint density at radius 1 is 1.20 bits per heavy atom. The first-order chi connectivity index (χ1) is 11.6. The van der Waals surface area contributed by atoms with Gasteiger partial charge in [0.25, 0.3) is 0 Å². The van der Waals surface area contributed by atoms with Gasteiger partial charge in [-0.2, -0.15) is 0 Å². The number of ether oxygens (including phenoxy) is 2. The Kier molecular flexibility index (Phi) is 7.86. The molecule has 7 heteroatoms. The van der Waals surface area contributed by atoms with Gasteiger partial charge in [0, 0.05) is 13.0 Å². The largest absolute Gasteiger partial charge is 0.469 e. The molecule has 0 spiro atoms. The maximum absolute atomic E-state index is 11.6. The minimum atomic E-state index is -1.22. The van der Waals surface area contributed by atoms with Crippen LogP contribution < -0.4 is 5.32 Å². The molecule has 7 nitrogen and oxygen atoms in total. The standard InChI is InChI=1S/C18H27NO6/c1-18(2,3)25-17(23)19-11-14(20)16(22)13-8-6-5-7-12(13)9-10-15(21)24-4/h5-8,14,16,20,22H,9-11H2,1-4H3,(H,19,23). The monoisotopic (exact) mass is 353 g/mol. The predicted octanol–water partition coefficient (Wildman–Crippen LogP) is 1.71. The molecule has 0 radical (unpaired) electrons. The highest BCUT2D eigenvalue weighted by Gasteiger charge is 2.23. The zero-order chi connectivity index (χ0) is 19.0. The van der Waals surface area contributed by atoms with Crippen molar-refractivity contribution in [3.8, 4) is 0 Å². The quantitative estimate of drug-likeness (QED) is 0.645. The highest BCUT2D eigenvalue weighted by molar-refractivity contribution is 5.69. The molecule has 0 aromatic heterocycles. The maximum atomic E-state index is 11.6. The number of benzene rings is 1. The number of rotatable bonds is 7. The SMILES string of the molecule is COC(=O)CCc1ccccc1C(O)C(O)CNC(=O)OC(C)(C)C. The molecule has 0 saturated heterocycles. The Bertz CT molecular complexity index is 581. The minimum Gasteiger partial charge on any atom is -0.469 e. The summed E-state index contributed by atoms with van der Waals surface area (Å²) in [4.78, 5) is 22.9. The number of amides is 1. The third-order valence-electron chi connectivity index (χ3n) is 3.42. The van der Waals surface area contributed by atoms with Gasteiger partial charge in [0.1, 0.15) is 17.8 Å². The zero-order valence-corrected chi connectivity index (χ0v) is 15.1. The average Bonchev–Trinajstić information content (AvgIpc) is 2.55. The molecule has 0 heterocycles. The van der Waals surface area contributed by atoms with Crippen LogP contribution in [0.15, 0.2) is 24.3 Å². The lowest BCUT2D eigenvalue weighted by atomic mass is 9.95. The van der Waals surface area contributed by atoms with Crippen LogP contribution in [0.5, 0.6) is 0 Å². The van der Waals surface area contributed by atoms with E-state index in [1.165, 1.54) is 7.11 Å². The van der Waals surface area contributed by atoms with Gasteiger partial charge in [0.05, 0.1) is 7.11 Å². The molecular weight excluding hydrogens is 326 g/mol. The van der Waals surface area contributed by atoms with E-state index >= 15 is 0 Å². The first kappa shape index (κ1) is 20.9. The first-order valence-electron chi connectivity index (χ1n) is 8.11. The molecule has 0 aliphatic carbocycles. The summed E-state index contributed by atoms with van der Waals surface area (Å²) in [5, 5.41) is 23.0. The van der Waals surface area contributed by atoms with Crippen molar-refractivity contribution >= 4 is 12.1 Å². The summed E-state index contributed by atoms with van der Waals surface area (Å²) >= 11 is 0. The molecule has 0 fully saturated rings. The van der Waals surface area contributed by atoms with Gasteiger partial charge in [-0.05, 0) is 38.3 Å². The summed E-state index contributed by atoms with van der Waals surface area (Å²) in [6.45, 7) is 5.03. The molecule has 0 aliphatic rings. The van der Waals surface area contributed by atoms with Crippen molar-refractivity contribution in [2.75, 3.05) is 13.7 Å². The third-order valence-corrected chi connectivity index (χ3v) is 3.42. The summed E-state index contributed by atoms with van der Waals surface area (Å²) in [6, 6.07) is 6.96. The van der Waals surface area contributed by atoms with Gasteiger partial charge in [0.15, 0.2) is 0 Å². The Morgan fingerprint density at radius 2 is 1.84 bits per heavy atom. The third kappa shape index (κ3) is 7.53. The lowest BCUT2D eigenvalue weighted by molar-refractivity contribution is -0.140. The summed E-state index contributed by atoms with van der Waals surface area (Å²) in [5.41, 5.74) is 0.593. The highest BCUT2D eigenvalue weighted by Crippen LogP contribution is 2.22. The minimum absolute atomic E-state index is 0.165. The normalized spacial score (nSPS) is 13.7. The van der Waals surface area contributed by atoms with Crippen LogP contribution in [0.3, 0.4) is 0 Å². The number of carbonyl (C=O) groups excluding carboxylic acids is 2. The van der Waals surface area contributed by atoms with Gasteiger partial charge >= 0.3 is 12.1 Å². The number of methoxy groups -OCH3 is 1. The number of esters is 1. The number of aliphatic hydroxyl groups is 2. The molecule has 0 aliphatic heterocycles. The maximum Gasteiger partial charge on any atom is 0.407 e. The van der Waals surface area contributed by atoms with E-state index < -0.39 is 23.9 Å². The van der Waals surface area contributed by atoms with Crippen molar-refractivity contribution in [3.63, 3.8) is 0 Å². The highest BCUT2D eigenvalue weighted by atomic mass is 16.6. The van der Waals surface area contributed by atoms with Crippen molar-refractivity contribution in [1.29, 1.82) is 0 Å². The van der Waals surface area contributed by atoms with Crippen LogP contribution in [-0.4, -0.2) is 47.6 Å². The second kappa shape index (κ2) is 9.39. The molecule has 1 aromatic carbocycles. The number of carbonyl (C=O) groups is 2. The van der Waals surface area contributed by atoms with Gasteiger partial charge < -0.3 is 25.0 Å². The van der Waals surface area contributed by atoms with Crippen molar-refractivity contribution in [3.05, 3.63) is 35.4 Å². The van der Waals surface area contributed by atoms with Crippen LogP contribution in [0.1, 0.15) is 44.4 Å². The van der Waals surface area contributed by atoms with Gasteiger partial charge in [-0.3, -0.25) is 4.79 Å². The summed E-state index contributed by atoms with van der Waals surface area (Å²) < 4.78 is 9.69. The lowest BCUT2D eigenvalue weighted by Gasteiger charge is -2.23. The zero-order valence-electron chi connectivity index (χ0n) is 15.1. The second-order valence-electron chi connectivity index (χ2n) is 6.67. The van der Waals surface area contributed by atoms with Gasteiger partial charge in [-0.25, -0.2) is 4.79 Å². The fourth-order valence-electron chi connectivity index (χ4n) is 2.21. The Labute approximate surface area is 147 Å². The van der Waals surface area contributed by atoms with E-state index in [9.17, 15) is 19.8 Å². The van der Waals surface area contributed by atoms with E-state index in [-0.39, 0.29) is 18.9 Å². The Balaban J connectivity index is 2.67. The smallest absolute Gasteiger partial charge is 0.407 e. The van der Waals surface area contributed by atoms with Crippen molar-refractivity contribution in [1.82, 2.24) is 5.32 Å². The van der Waals surface area contributed by atoms with Crippen LogP contribution in [0, 0.1) is 0 Å². The number of hydrogen-bond donors (Lipinski definition) is 3. The first-order valence-corrected chi connectivity index (χ1v) is 8.11. The molecule has 2 atom stereocenters. The van der Waals surface area contributed by atoms with Crippen LogP contribution in [0.2, 0.25) is 0 Å². The molecule has 1 aromatic rings. The van der Waals surface area contributed by atoms with Crippen LogP contribution in [0.25, 0.3) is 0 Å². The fourth-order valence-corrected chi connectivity index (χ4v) is 2.21. The summed E-state index contributed by atoms with van der Waals surface area (Å²) in [5.74, 6) is -0.351. The van der Waals surface area contributed by atoms with Gasteiger partial charge in [-0.1, -0.05) is 24.3 Å². The van der Waals surface area contributed by atoms with Gasteiger partial charge in [-0.15, -0.1) is 0 Å². The molecule has 0 saturated carbocycles. The van der Waals surface area contributed by atoms with Crippen molar-refractivity contribution < 1.29 is 29.3 Å². The number of alkyl carbamates (subject to hydrolysis) is 1. The number of nitrogens with one attached hydrogen (secondary N) is 1. The van der Waals surface area contributed by atoms with Crippen molar-refractivity contribution in [2.45, 2.75) is 51.4 Å². The van der Waals surface area contributed by atoms with Crippen LogP contribution in [0.4, 0.5) is 4.79 Å². The number of hydrogen-bond acceptors (Lipinski definition) is 6. The Hall–Kier alpha value is -2.12. The molecule has 25 heavy (non-hydrogen) atoms. The van der Waals surface area contributed by atoms with Crippen LogP contribution in [-0.2, 0) is 20.7 Å². The van der Waals surface area contributed by atoms with E-state index in [1.807, 2.05) is 0 Å². The van der Waals surface area contributed by atoms with Crippen molar-refractivity contribution in [2.24, 2.45) is 0 Å². The summed E-state index contributed by atoms with van der Waals surface area (Å²) in [7, 11) is 1.31. The predicted molar refractivity (Wildman–Crippen MR) is 92.0 cm³/mol. The van der Waals surface area contributed by atoms with E-state index in [0.717, 1.165) is 5.56 Å². The molecule has 140 valence electrons. The molecule has 2 unspecified atom stereocenters. The van der Waals surface area contributed by atoms with Crippen LogP contribution >= 0.6 is 0 Å². The summed E-state index contributed by atoms with van der Waals surface area (Å²) in [6.07, 6.45) is -2.54. The topological polar surface area (TPSA) is 105 Å². The van der Waals surface area contributed by atoms with E-state index in [0.29, 0.717) is 12.0 Å². The Morgan fingerprint density at radius 3 is 2.44 bits per heavy atom. The van der Waals surface area contributed by atoms with E-state index in [1.54, 1.807) is 45.0 Å². The molecule has 3 N–H and O–H groups in total. The number of aliphatic hydroxyl groups excluding tert-OH is 2. The van der Waals surface area contributed by atoms with Gasteiger partial charge in [0.2, 0.25) is 0 Å².